The van der Waals surface area contributed by atoms with Crippen LogP contribution in [0.25, 0.3) is 0 Å². The molecule has 1 heterocycles. The van der Waals surface area contributed by atoms with Crippen molar-refractivity contribution in [3.8, 4) is 0 Å². The lowest BCUT2D eigenvalue weighted by atomic mass is 10.0. The van der Waals surface area contributed by atoms with Crippen molar-refractivity contribution in [3.05, 3.63) is 35.9 Å². The zero-order chi connectivity index (χ0) is 42.7. The molecule has 2 rings (SSSR count). The van der Waals surface area contributed by atoms with Crippen molar-refractivity contribution in [3.63, 3.8) is 0 Å². The van der Waals surface area contributed by atoms with Crippen molar-refractivity contribution in [2.75, 3.05) is 19.6 Å². The van der Waals surface area contributed by atoms with Crippen LogP contribution in [0.3, 0.4) is 0 Å². The molecule has 21 heteroatoms. The highest BCUT2D eigenvalue weighted by molar-refractivity contribution is 5.97. The Kier molecular flexibility index (Phi) is 19.7. The minimum absolute atomic E-state index is 0.00407. The van der Waals surface area contributed by atoms with Gasteiger partial charge in [0.25, 0.3) is 0 Å². The molecule has 0 spiro atoms. The maximum atomic E-state index is 14.3. The van der Waals surface area contributed by atoms with Crippen molar-refractivity contribution in [2.45, 2.75) is 108 Å². The summed E-state index contributed by atoms with van der Waals surface area (Å²) < 4.78 is 0. The van der Waals surface area contributed by atoms with Crippen molar-refractivity contribution in [2.24, 2.45) is 56.0 Å². The second-order valence-electron chi connectivity index (χ2n) is 14.3. The van der Waals surface area contributed by atoms with E-state index >= 15 is 0 Å². The topological polar surface area (TPSA) is 378 Å². The van der Waals surface area contributed by atoms with Gasteiger partial charge in [-0.3, -0.25) is 43.5 Å². The number of likely N-dealkylation sites (tertiary alicyclic amines) is 1. The summed E-state index contributed by atoms with van der Waals surface area (Å²) in [7, 11) is 0. The average Bonchev–Trinajstić information content (AvgIpc) is 3.63. The van der Waals surface area contributed by atoms with Gasteiger partial charge in [0.15, 0.2) is 11.9 Å². The van der Waals surface area contributed by atoms with Crippen LogP contribution >= 0.6 is 0 Å². The van der Waals surface area contributed by atoms with Gasteiger partial charge >= 0.3 is 0 Å². The number of carbonyl (C=O) groups excluding carboxylic acids is 7. The Bertz CT molecular complexity index is 1600. The van der Waals surface area contributed by atoms with Crippen LogP contribution in [0.2, 0.25) is 0 Å². The van der Waals surface area contributed by atoms with Crippen LogP contribution < -0.4 is 61.4 Å². The molecule has 0 bridgehead atoms. The molecule has 316 valence electrons. The second kappa shape index (κ2) is 23.8. The van der Waals surface area contributed by atoms with Gasteiger partial charge in [0, 0.05) is 26.1 Å². The van der Waals surface area contributed by atoms with E-state index in [1.165, 1.54) is 4.90 Å². The molecule has 7 amide bonds. The molecule has 1 aromatic rings. The number of primary amides is 2. The van der Waals surface area contributed by atoms with Gasteiger partial charge in [0.05, 0.1) is 12.5 Å². The number of amides is 7. The van der Waals surface area contributed by atoms with E-state index in [1.807, 2.05) is 19.9 Å². The summed E-state index contributed by atoms with van der Waals surface area (Å²) >= 11 is 0. The fourth-order valence-electron chi connectivity index (χ4n) is 6.23. The molecule has 0 unspecified atom stereocenters. The molecule has 0 radical (unpaired) electrons. The third kappa shape index (κ3) is 17.1. The van der Waals surface area contributed by atoms with Crippen LogP contribution in [0.4, 0.5) is 0 Å². The molecule has 18 N–H and O–H groups in total. The number of nitrogens with two attached hydrogens (primary N) is 7. The molecular weight excluding hydrogens is 740 g/mol. The lowest BCUT2D eigenvalue weighted by molar-refractivity contribution is -0.142. The smallest absolute Gasteiger partial charge is 0.245 e. The van der Waals surface area contributed by atoms with Gasteiger partial charge in [-0.05, 0) is 56.4 Å². The van der Waals surface area contributed by atoms with E-state index in [9.17, 15) is 33.6 Å². The van der Waals surface area contributed by atoms with Crippen molar-refractivity contribution < 1.29 is 33.6 Å². The number of rotatable bonds is 24. The molecule has 1 fully saturated rings. The first-order valence-electron chi connectivity index (χ1n) is 18.9. The largest absolute Gasteiger partial charge is 0.370 e. The van der Waals surface area contributed by atoms with Crippen LogP contribution in [0.5, 0.6) is 0 Å². The number of nitrogens with zero attached hydrogens (tertiary/aromatic N) is 3. The number of carbonyl (C=O) groups is 7. The number of guanidine groups is 2. The quantitative estimate of drug-likeness (QED) is 0.0271. The zero-order valence-electron chi connectivity index (χ0n) is 32.7. The van der Waals surface area contributed by atoms with Crippen molar-refractivity contribution >= 4 is 53.3 Å². The molecule has 6 atom stereocenters. The Balaban J connectivity index is 2.37. The Morgan fingerprint density at radius 2 is 1.28 bits per heavy atom. The predicted molar refractivity (Wildman–Crippen MR) is 213 cm³/mol. The zero-order valence-corrected chi connectivity index (χ0v) is 32.7. The maximum absolute atomic E-state index is 14.3. The van der Waals surface area contributed by atoms with Crippen molar-refractivity contribution in [1.82, 2.24) is 26.2 Å². The van der Waals surface area contributed by atoms with E-state index in [1.54, 1.807) is 24.3 Å². The van der Waals surface area contributed by atoms with E-state index in [0.717, 1.165) is 5.56 Å². The fourth-order valence-corrected chi connectivity index (χ4v) is 6.23. The number of nitrogens with one attached hydrogen (secondary N) is 4. The molecule has 1 aliphatic rings. The maximum Gasteiger partial charge on any atom is 0.245 e. The first-order chi connectivity index (χ1) is 26.9. The van der Waals surface area contributed by atoms with E-state index in [4.69, 9.17) is 40.1 Å². The third-order valence-electron chi connectivity index (χ3n) is 9.02. The second-order valence-corrected chi connectivity index (χ2v) is 14.3. The molecule has 0 aromatic heterocycles. The van der Waals surface area contributed by atoms with E-state index in [2.05, 4.69) is 31.3 Å². The highest BCUT2D eigenvalue weighted by Crippen LogP contribution is 2.21. The molecule has 0 saturated carbocycles. The number of benzene rings is 1. The first-order valence-corrected chi connectivity index (χ1v) is 18.9. The van der Waals surface area contributed by atoms with Gasteiger partial charge in [-0.2, -0.15) is 0 Å². The number of hydrogen-bond acceptors (Lipinski definition) is 10. The SMILES string of the molecule is CC(C)C[C@H](N)C(=O)N[C@@H](Cc1ccccc1)C(=O)N[C@@H](CCCN=C(N)N)C(=O)N1CCC[C@H]1C(=O)N[C@@H](CCCN=C(N)N)C(=O)N[C@@H](CC(N)=O)C(N)=O. The van der Waals surface area contributed by atoms with E-state index < -0.39 is 84.0 Å². The first kappa shape index (κ1) is 47.2. The molecule has 1 aromatic carbocycles. The Hall–Kier alpha value is -5.99. The van der Waals surface area contributed by atoms with Crippen LogP contribution in [0.1, 0.15) is 70.8 Å². The average molecular weight is 801 g/mol. The Labute approximate surface area is 332 Å². The molecule has 57 heavy (non-hydrogen) atoms. The monoisotopic (exact) mass is 800 g/mol. The normalized spacial score (nSPS) is 16.2. The standard InChI is InChI=1S/C36H60N14O7/c1-20(2)17-22(37)30(53)49-26(18-21-9-4-3-5-10-21)32(55)47-24(12-7-15-45-36(42)43)34(57)50-16-8-13-27(50)33(56)46-23(11-6-14-44-35(40)41)31(54)48-25(29(39)52)19-28(38)51/h3-5,9-10,20,22-27H,6-8,11-19,37H2,1-2H3,(H2,38,51)(H2,39,52)(H,46,56)(H,47,55)(H,48,54)(H,49,53)(H4,40,41,44)(H4,42,43,45)/t22-,23-,24-,25-,26-,27-/m0/s1. The van der Waals surface area contributed by atoms with Crippen molar-refractivity contribution in [1.29, 1.82) is 0 Å². The van der Waals surface area contributed by atoms with Gasteiger partial charge in [0.1, 0.15) is 30.2 Å². The summed E-state index contributed by atoms with van der Waals surface area (Å²) in [5.74, 6) is -5.42. The van der Waals surface area contributed by atoms with Crippen LogP contribution in [0, 0.1) is 5.92 Å². The Morgan fingerprint density at radius 1 is 0.737 bits per heavy atom. The van der Waals surface area contributed by atoms with E-state index in [0.29, 0.717) is 12.8 Å². The Morgan fingerprint density at radius 3 is 1.82 bits per heavy atom. The number of hydrogen-bond donors (Lipinski definition) is 11. The summed E-state index contributed by atoms with van der Waals surface area (Å²) in [5.41, 5.74) is 39.2. The van der Waals surface area contributed by atoms with Gasteiger partial charge in [-0.1, -0.05) is 44.2 Å². The van der Waals surface area contributed by atoms with Gasteiger partial charge in [-0.15, -0.1) is 0 Å². The summed E-state index contributed by atoms with van der Waals surface area (Å²) in [5, 5.41) is 10.5. The van der Waals surface area contributed by atoms with Crippen LogP contribution in [0.15, 0.2) is 40.3 Å². The van der Waals surface area contributed by atoms with Gasteiger partial charge in [-0.25, -0.2) is 0 Å². The highest BCUT2D eigenvalue weighted by Gasteiger charge is 2.40. The fraction of sp³-hybridized carbons (Fsp3) is 0.583. The van der Waals surface area contributed by atoms with Gasteiger partial charge < -0.3 is 66.3 Å². The van der Waals surface area contributed by atoms with Crippen LogP contribution in [-0.2, 0) is 40.0 Å². The summed E-state index contributed by atoms with van der Waals surface area (Å²) in [6.07, 6.45) is 1.09. The van der Waals surface area contributed by atoms with E-state index in [-0.39, 0.29) is 76.0 Å². The van der Waals surface area contributed by atoms with Crippen LogP contribution in [-0.4, -0.2) is 114 Å². The lowest BCUT2D eigenvalue weighted by Crippen LogP contribution is -2.59. The lowest BCUT2D eigenvalue weighted by Gasteiger charge is -2.31. The summed E-state index contributed by atoms with van der Waals surface area (Å²) in [4.78, 5) is 101. The molecule has 1 aliphatic heterocycles. The number of aliphatic imine (C=N–C) groups is 2. The molecular formula is C36H60N14O7. The summed E-state index contributed by atoms with van der Waals surface area (Å²) in [6, 6.07) is 2.06. The minimum atomic E-state index is -1.44. The van der Waals surface area contributed by atoms with Gasteiger partial charge in [0.2, 0.25) is 41.4 Å². The summed E-state index contributed by atoms with van der Waals surface area (Å²) in [6.45, 7) is 4.23. The predicted octanol–water partition coefficient (Wildman–Crippen LogP) is -4.00. The molecule has 21 nitrogen and oxygen atoms in total. The third-order valence-corrected chi connectivity index (χ3v) is 9.02. The molecule has 0 aliphatic carbocycles. The minimum Gasteiger partial charge on any atom is -0.370 e. The highest BCUT2D eigenvalue weighted by atomic mass is 16.2. The molecule has 1 saturated heterocycles.